The molecule has 2 aliphatic heterocycles. The van der Waals surface area contributed by atoms with E-state index >= 15 is 0 Å². The van der Waals surface area contributed by atoms with Gasteiger partial charge in [0.25, 0.3) is 0 Å². The van der Waals surface area contributed by atoms with Crippen molar-refractivity contribution in [3.8, 4) is 33.4 Å². The van der Waals surface area contributed by atoms with Crippen LogP contribution in [0.15, 0.2) is 121 Å². The minimum absolute atomic E-state index is 0.0273. The second kappa shape index (κ2) is 13.5. The van der Waals surface area contributed by atoms with Gasteiger partial charge >= 0.3 is 0 Å². The summed E-state index contributed by atoms with van der Waals surface area (Å²) in [6, 6.07) is 47.8. The predicted octanol–water partition coefficient (Wildman–Crippen LogP) is 14.2. The first kappa shape index (κ1) is 38.4. The lowest BCUT2D eigenvalue weighted by atomic mass is 9.61. The van der Waals surface area contributed by atoms with Crippen molar-refractivity contribution in [2.75, 3.05) is 47.8 Å². The van der Waals surface area contributed by atoms with Crippen molar-refractivity contribution in [2.24, 2.45) is 0 Å². The highest BCUT2D eigenvalue weighted by molar-refractivity contribution is 5.88. The van der Waals surface area contributed by atoms with Crippen LogP contribution in [0.3, 0.4) is 0 Å². The Morgan fingerprint density at radius 3 is 1.16 bits per heavy atom. The van der Waals surface area contributed by atoms with Gasteiger partial charge in [-0.3, -0.25) is 0 Å². The van der Waals surface area contributed by atoms with Gasteiger partial charge < -0.3 is 19.6 Å². The largest absolute Gasteiger partial charge is 0.378 e. The first-order chi connectivity index (χ1) is 29.3. The minimum atomic E-state index is 0.0273. The van der Waals surface area contributed by atoms with Crippen molar-refractivity contribution in [2.45, 2.75) is 107 Å². The summed E-state index contributed by atoms with van der Waals surface area (Å²) < 4.78 is 0. The van der Waals surface area contributed by atoms with Crippen molar-refractivity contribution in [3.05, 3.63) is 144 Å². The maximum absolute atomic E-state index is 2.69. The van der Waals surface area contributed by atoms with E-state index < -0.39 is 0 Å². The molecule has 4 unspecified atom stereocenters. The van der Waals surface area contributed by atoms with Crippen LogP contribution in [-0.2, 0) is 17.3 Å². The van der Waals surface area contributed by atoms with Crippen molar-refractivity contribution in [3.63, 3.8) is 0 Å². The van der Waals surface area contributed by atoms with Crippen LogP contribution in [-0.4, -0.2) is 39.3 Å². The molecule has 6 aromatic rings. The van der Waals surface area contributed by atoms with Crippen molar-refractivity contribution < 1.29 is 0 Å². The van der Waals surface area contributed by atoms with E-state index in [4.69, 9.17) is 0 Å². The Hall–Kier alpha value is -5.48. The standard InChI is InChI=1S/C57H62N4/c1-54-29-9-11-31-56(54,3)60(46-23-19-44(20-24-46)58(5)6)52-27-17-40(36-50(52)54)38-13-15-42-33-43-16-14-39(35-49(43)48(42)34-38)41-18-28-53-51(37-41)55(2)30-10-12-32-57(55,4)61(53)47-25-21-45(22-26-47)59(7)8/h13-28,34-37H,9-12,29-33H2,1-8H3. The molecule has 4 heteroatoms. The highest BCUT2D eigenvalue weighted by Crippen LogP contribution is 2.63. The molecule has 4 nitrogen and oxygen atoms in total. The predicted molar refractivity (Wildman–Crippen MR) is 260 cm³/mol. The van der Waals surface area contributed by atoms with Crippen LogP contribution in [0, 0.1) is 0 Å². The van der Waals surface area contributed by atoms with Gasteiger partial charge in [-0.05, 0) is 187 Å². The number of fused-ring (bicyclic) bond motifs is 9. The Morgan fingerprint density at radius 1 is 0.410 bits per heavy atom. The molecule has 3 aliphatic carbocycles. The van der Waals surface area contributed by atoms with Crippen LogP contribution in [0.5, 0.6) is 0 Å². The maximum Gasteiger partial charge on any atom is 0.0517 e. The highest BCUT2D eigenvalue weighted by atomic mass is 15.3. The SMILES string of the molecule is CN(C)c1ccc(N2c3ccc(-c4ccc5c(c4)-c4cc(-c6ccc7c(c6)C6(C)CCCCC6(C)N7c6ccc(N(C)C)cc6)ccc4C5)cc3C3(C)CCCCC23C)cc1. The number of nitrogens with zero attached hydrogens (tertiary/aromatic N) is 4. The molecule has 0 saturated heterocycles. The molecule has 0 amide bonds. The first-order valence-corrected chi connectivity index (χ1v) is 23.0. The van der Waals surface area contributed by atoms with Crippen molar-refractivity contribution in [1.82, 2.24) is 0 Å². The maximum atomic E-state index is 2.69. The Bertz CT molecular complexity index is 2520. The summed E-state index contributed by atoms with van der Waals surface area (Å²) in [4.78, 5) is 9.77. The van der Waals surface area contributed by atoms with Gasteiger partial charge in [0.2, 0.25) is 0 Å². The lowest BCUT2D eigenvalue weighted by molar-refractivity contribution is 0.195. The molecule has 310 valence electrons. The summed E-state index contributed by atoms with van der Waals surface area (Å²) in [5, 5.41) is 0. The summed E-state index contributed by atoms with van der Waals surface area (Å²) in [5.74, 6) is 0. The normalized spacial score (nSPS) is 25.6. The van der Waals surface area contributed by atoms with Crippen molar-refractivity contribution >= 4 is 34.1 Å². The Balaban J connectivity index is 0.953. The fraction of sp³-hybridized carbons (Fsp3) is 0.368. The van der Waals surface area contributed by atoms with Crippen LogP contribution in [0.1, 0.15) is 101 Å². The zero-order valence-corrected chi connectivity index (χ0v) is 37.7. The fourth-order valence-corrected chi connectivity index (χ4v) is 13.0. The molecule has 0 spiro atoms. The van der Waals surface area contributed by atoms with E-state index in [1.165, 1.54) is 141 Å². The van der Waals surface area contributed by atoms with E-state index in [1.54, 1.807) is 0 Å². The Kier molecular flexibility index (Phi) is 8.51. The van der Waals surface area contributed by atoms with Gasteiger partial charge in [0.15, 0.2) is 0 Å². The molecular weight excluding hydrogens is 741 g/mol. The molecule has 61 heavy (non-hydrogen) atoms. The number of hydrogen-bond donors (Lipinski definition) is 0. The van der Waals surface area contributed by atoms with Crippen LogP contribution >= 0.6 is 0 Å². The van der Waals surface area contributed by atoms with Crippen LogP contribution in [0.2, 0.25) is 0 Å². The molecular formula is C57H62N4. The second-order valence-corrected chi connectivity index (χ2v) is 20.5. The average Bonchev–Trinajstić information content (AvgIpc) is 3.81. The third-order valence-electron chi connectivity index (χ3n) is 17.0. The van der Waals surface area contributed by atoms with E-state index in [9.17, 15) is 0 Å². The highest BCUT2D eigenvalue weighted by Gasteiger charge is 2.59. The number of benzene rings is 6. The summed E-state index contributed by atoms with van der Waals surface area (Å²) in [5.41, 5.74) is 22.0. The summed E-state index contributed by atoms with van der Waals surface area (Å²) in [6.07, 6.45) is 11.0. The Morgan fingerprint density at radius 2 is 0.770 bits per heavy atom. The first-order valence-electron chi connectivity index (χ1n) is 23.0. The van der Waals surface area contributed by atoms with Crippen LogP contribution in [0.4, 0.5) is 34.1 Å². The van der Waals surface area contributed by atoms with Crippen LogP contribution in [0.25, 0.3) is 33.4 Å². The third kappa shape index (κ3) is 5.42. The van der Waals surface area contributed by atoms with Gasteiger partial charge in [-0.25, -0.2) is 0 Å². The van der Waals surface area contributed by atoms with Gasteiger partial charge in [0.05, 0.1) is 11.1 Å². The Labute approximate surface area is 364 Å². The molecule has 4 atom stereocenters. The van der Waals surface area contributed by atoms with E-state index in [2.05, 4.69) is 197 Å². The quantitative estimate of drug-likeness (QED) is 0.166. The molecule has 5 aliphatic rings. The molecule has 2 heterocycles. The third-order valence-corrected chi connectivity index (χ3v) is 17.0. The smallest absolute Gasteiger partial charge is 0.0517 e. The lowest BCUT2D eigenvalue weighted by Crippen LogP contribution is -2.54. The number of anilines is 6. The number of hydrogen-bond acceptors (Lipinski definition) is 4. The molecule has 0 radical (unpaired) electrons. The van der Waals surface area contributed by atoms with E-state index in [1.807, 2.05) is 0 Å². The topological polar surface area (TPSA) is 13.0 Å². The van der Waals surface area contributed by atoms with Gasteiger partial charge in [0, 0.05) is 73.1 Å². The van der Waals surface area contributed by atoms with Gasteiger partial charge in [-0.2, -0.15) is 0 Å². The lowest BCUT2D eigenvalue weighted by Gasteiger charge is -2.50. The zero-order chi connectivity index (χ0) is 42.1. The zero-order valence-electron chi connectivity index (χ0n) is 37.7. The van der Waals surface area contributed by atoms with Gasteiger partial charge in [-0.15, -0.1) is 0 Å². The van der Waals surface area contributed by atoms with Gasteiger partial charge in [-0.1, -0.05) is 75.9 Å². The molecule has 0 bridgehead atoms. The second-order valence-electron chi connectivity index (χ2n) is 20.5. The molecule has 0 N–H and O–H groups in total. The molecule has 6 aromatic carbocycles. The number of rotatable bonds is 6. The minimum Gasteiger partial charge on any atom is -0.378 e. The summed E-state index contributed by atoms with van der Waals surface area (Å²) >= 11 is 0. The van der Waals surface area contributed by atoms with Crippen LogP contribution < -0.4 is 19.6 Å². The fourth-order valence-electron chi connectivity index (χ4n) is 13.0. The summed E-state index contributed by atoms with van der Waals surface area (Å²) in [6.45, 7) is 10.2. The molecule has 2 saturated carbocycles. The van der Waals surface area contributed by atoms with E-state index in [-0.39, 0.29) is 21.9 Å². The monoisotopic (exact) mass is 802 g/mol. The van der Waals surface area contributed by atoms with Crippen molar-refractivity contribution in [1.29, 1.82) is 0 Å². The summed E-state index contributed by atoms with van der Waals surface area (Å²) in [7, 11) is 8.49. The van der Waals surface area contributed by atoms with E-state index in [0.717, 1.165) is 6.42 Å². The molecule has 11 rings (SSSR count). The molecule has 2 fully saturated rings. The van der Waals surface area contributed by atoms with Gasteiger partial charge in [0.1, 0.15) is 0 Å². The molecule has 0 aromatic heterocycles. The van der Waals surface area contributed by atoms with E-state index in [0.29, 0.717) is 0 Å². The average molecular weight is 803 g/mol.